The molecule has 4 aromatic rings. The molecule has 0 spiro atoms. The van der Waals surface area contributed by atoms with Crippen molar-refractivity contribution in [2.75, 3.05) is 0 Å². The van der Waals surface area contributed by atoms with Crippen LogP contribution in [0.1, 0.15) is 88.8 Å². The molecular formula is C41H44Cl2Zr. The predicted octanol–water partition coefficient (Wildman–Crippen LogP) is 3.85. The second-order valence-corrected chi connectivity index (χ2v) is 20.1. The fraction of sp³-hybridized carbons (Fsp3) is 0.293. The van der Waals surface area contributed by atoms with Gasteiger partial charge in [0, 0.05) is 0 Å². The van der Waals surface area contributed by atoms with Crippen LogP contribution in [0.15, 0.2) is 112 Å². The van der Waals surface area contributed by atoms with E-state index in [2.05, 4.69) is 159 Å². The first-order valence-corrected chi connectivity index (χ1v) is 19.2. The molecule has 0 radical (unpaired) electrons. The first-order chi connectivity index (χ1) is 19.9. The molecule has 4 aromatic carbocycles. The molecule has 0 heterocycles. The van der Waals surface area contributed by atoms with Gasteiger partial charge in [0.05, 0.1) is 0 Å². The zero-order valence-corrected chi connectivity index (χ0v) is 31.3. The Morgan fingerprint density at radius 1 is 0.705 bits per heavy atom. The average Bonchev–Trinajstić information content (AvgIpc) is 3.49. The van der Waals surface area contributed by atoms with Crippen LogP contribution in [0.3, 0.4) is 0 Å². The summed E-state index contributed by atoms with van der Waals surface area (Å²) >= 11 is -2.81. The van der Waals surface area contributed by atoms with E-state index in [0.717, 1.165) is 6.42 Å². The van der Waals surface area contributed by atoms with Gasteiger partial charge in [0.15, 0.2) is 0 Å². The van der Waals surface area contributed by atoms with Gasteiger partial charge < -0.3 is 24.8 Å². The van der Waals surface area contributed by atoms with Gasteiger partial charge >= 0.3 is 263 Å². The van der Waals surface area contributed by atoms with E-state index in [0.29, 0.717) is 5.92 Å². The van der Waals surface area contributed by atoms with Gasteiger partial charge in [-0.05, 0) is 0 Å². The molecular weight excluding hydrogens is 655 g/mol. The Morgan fingerprint density at radius 2 is 1.27 bits per heavy atom. The maximum atomic E-state index is 2.57. The summed E-state index contributed by atoms with van der Waals surface area (Å²) < 4.78 is 5.01. The molecule has 0 bridgehead atoms. The summed E-state index contributed by atoms with van der Waals surface area (Å²) in [6.45, 7) is 19.0. The number of hydrogen-bond donors (Lipinski definition) is 0. The Hall–Kier alpha value is -2.31. The molecule has 0 aliphatic heterocycles. The predicted molar refractivity (Wildman–Crippen MR) is 179 cm³/mol. The van der Waals surface area contributed by atoms with Crippen LogP contribution < -0.4 is 28.1 Å². The maximum absolute atomic E-state index is 2.81. The first kappa shape index (κ1) is 34.6. The summed E-state index contributed by atoms with van der Waals surface area (Å²) in [5, 5.41) is 0. The fourth-order valence-electron chi connectivity index (χ4n) is 6.94. The van der Waals surface area contributed by atoms with E-state index in [1.807, 2.05) is 0 Å². The molecule has 0 aromatic heterocycles. The van der Waals surface area contributed by atoms with Crippen LogP contribution in [-0.4, -0.2) is 3.21 Å². The van der Waals surface area contributed by atoms with Crippen molar-refractivity contribution in [1.82, 2.24) is 0 Å². The third-order valence-electron chi connectivity index (χ3n) is 9.05. The van der Waals surface area contributed by atoms with Gasteiger partial charge in [-0.3, -0.25) is 0 Å². The van der Waals surface area contributed by atoms with Crippen LogP contribution >= 0.6 is 0 Å². The molecule has 3 heteroatoms. The molecule has 1 unspecified atom stereocenters. The number of hydrogen-bond acceptors (Lipinski definition) is 0. The normalized spacial score (nSPS) is 15.1. The number of rotatable bonds is 4. The molecule has 0 N–H and O–H groups in total. The molecule has 0 nitrogen and oxygen atoms in total. The van der Waals surface area contributed by atoms with Gasteiger partial charge in [0.1, 0.15) is 0 Å². The average molecular weight is 699 g/mol. The smallest absolute Gasteiger partial charge is 1.00 e. The van der Waals surface area contributed by atoms with E-state index in [9.17, 15) is 0 Å². The minimum Gasteiger partial charge on any atom is -1.00 e. The van der Waals surface area contributed by atoms with Crippen molar-refractivity contribution < 1.29 is 46.1 Å². The molecule has 0 saturated carbocycles. The second-order valence-electron chi connectivity index (χ2n) is 14.3. The Kier molecular flexibility index (Phi) is 10.4. The number of fused-ring (bicyclic) bond motifs is 3. The number of benzene rings is 4. The van der Waals surface area contributed by atoms with Crippen molar-refractivity contribution in [1.29, 1.82) is 0 Å². The second kappa shape index (κ2) is 13.2. The van der Waals surface area contributed by atoms with Gasteiger partial charge in [-0.25, -0.2) is 0 Å². The van der Waals surface area contributed by atoms with E-state index in [-0.39, 0.29) is 35.6 Å². The van der Waals surface area contributed by atoms with Gasteiger partial charge in [-0.1, -0.05) is 0 Å². The molecule has 6 rings (SSSR count). The van der Waals surface area contributed by atoms with Crippen LogP contribution in [0.5, 0.6) is 0 Å². The molecule has 1 atom stereocenters. The third-order valence-corrected chi connectivity index (χ3v) is 17.2. The summed E-state index contributed by atoms with van der Waals surface area (Å²) in [5.41, 5.74) is 13.3. The van der Waals surface area contributed by atoms with E-state index in [4.69, 9.17) is 0 Å². The van der Waals surface area contributed by atoms with E-state index < -0.39 is 21.3 Å². The molecule has 2 aliphatic rings. The van der Waals surface area contributed by atoms with Gasteiger partial charge in [-0.2, -0.15) is 0 Å². The summed E-state index contributed by atoms with van der Waals surface area (Å²) in [6.07, 6.45) is 6.09. The monoisotopic (exact) mass is 696 g/mol. The van der Waals surface area contributed by atoms with Gasteiger partial charge in [-0.15, -0.1) is 0 Å². The molecule has 2 aliphatic carbocycles. The van der Waals surface area contributed by atoms with Gasteiger partial charge in [0.2, 0.25) is 0 Å². The zero-order valence-electron chi connectivity index (χ0n) is 27.4. The summed E-state index contributed by atoms with van der Waals surface area (Å²) in [5.74, 6) is 0.460. The maximum Gasteiger partial charge on any atom is -1.00 e. The van der Waals surface area contributed by atoms with Crippen molar-refractivity contribution >= 4 is 6.48 Å². The summed E-state index contributed by atoms with van der Waals surface area (Å²) in [6, 6.07) is 34.8. The first-order valence-electron chi connectivity index (χ1n) is 15.5. The molecule has 0 saturated heterocycles. The quantitative estimate of drug-likeness (QED) is 0.268. The molecule has 44 heavy (non-hydrogen) atoms. The Bertz CT molecular complexity index is 1720. The molecule has 0 amide bonds. The summed E-state index contributed by atoms with van der Waals surface area (Å²) in [7, 11) is 0. The van der Waals surface area contributed by atoms with Crippen molar-refractivity contribution in [3.63, 3.8) is 0 Å². The largest absolute Gasteiger partial charge is 1.00 e. The van der Waals surface area contributed by atoms with E-state index in [1.165, 1.54) is 39.0 Å². The van der Waals surface area contributed by atoms with Crippen LogP contribution in [0.4, 0.5) is 0 Å². The van der Waals surface area contributed by atoms with E-state index in [1.54, 1.807) is 20.9 Å². The number of halogens is 2. The van der Waals surface area contributed by atoms with Crippen molar-refractivity contribution in [3.05, 3.63) is 145 Å². The Morgan fingerprint density at radius 3 is 1.77 bits per heavy atom. The minimum atomic E-state index is -2.81. The standard InChI is InChI=1S/C21H25.C13H10.C7H9.2ClH.Zr/c1-20(2,3)16-7-9-18-14(12-16)11-15-13-17(21(4,5)6)8-10-19(15)18;1-3-7-12(8-4-1)11-13-9-5-2-6-10-13;1-6-3-4-7(2)5-6;;;/h7-10,12H,11H2,1-6H3;1-10H;3,5,7H,1-2H3;2*1H;/q;;;;;+2/p-2. The molecule has 0 fully saturated rings. The number of allylic oxidation sites excluding steroid dienone is 4. The Labute approximate surface area is 285 Å². The van der Waals surface area contributed by atoms with Crippen molar-refractivity contribution in [3.8, 4) is 11.1 Å². The minimum absolute atomic E-state index is 0. The van der Waals surface area contributed by atoms with Crippen LogP contribution in [0.2, 0.25) is 0 Å². The third kappa shape index (κ3) is 6.49. The summed E-state index contributed by atoms with van der Waals surface area (Å²) in [4.78, 5) is 0. The topological polar surface area (TPSA) is 0 Å². The van der Waals surface area contributed by atoms with Crippen LogP contribution in [0.25, 0.3) is 11.1 Å². The van der Waals surface area contributed by atoms with Crippen LogP contribution in [0, 0.1) is 5.92 Å². The van der Waals surface area contributed by atoms with Crippen LogP contribution in [-0.2, 0) is 38.5 Å². The van der Waals surface area contributed by atoms with Crippen molar-refractivity contribution in [2.45, 2.75) is 72.6 Å². The molecule has 226 valence electrons. The zero-order chi connectivity index (χ0) is 29.8. The fourth-order valence-corrected chi connectivity index (χ4v) is 16.5. The van der Waals surface area contributed by atoms with Crippen molar-refractivity contribution in [2.24, 2.45) is 5.92 Å². The van der Waals surface area contributed by atoms with Gasteiger partial charge in [0.25, 0.3) is 0 Å². The van der Waals surface area contributed by atoms with E-state index >= 15 is 0 Å². The Balaban J connectivity index is 0.00000221. The SMILES string of the molecule is CC1=CC(C)[C]([Zr+2](=[C](c2ccccc2)c2ccccc2)[c]2c(C(C)(C)C)ccc3c2Cc2cc(C(C)(C)C)ccc2-3)=C1.[Cl-].[Cl-].